The number of halogens is 2. The van der Waals surface area contributed by atoms with E-state index < -0.39 is 6.61 Å². The molecule has 2 unspecified atom stereocenters. The van der Waals surface area contributed by atoms with E-state index in [0.717, 1.165) is 29.7 Å². The molecule has 1 saturated heterocycles. The first-order valence-electron chi connectivity index (χ1n) is 9.82. The summed E-state index contributed by atoms with van der Waals surface area (Å²) in [5, 5.41) is 3.00. The number of carbonyl (C=O) groups is 1. The molecule has 2 amide bonds. The van der Waals surface area contributed by atoms with Gasteiger partial charge in [-0.3, -0.25) is 0 Å². The zero-order chi connectivity index (χ0) is 20.8. The van der Waals surface area contributed by atoms with Gasteiger partial charge >= 0.3 is 12.6 Å². The highest BCUT2D eigenvalue weighted by atomic mass is 19.3. The van der Waals surface area contributed by atoms with E-state index in [1.165, 1.54) is 12.1 Å². The summed E-state index contributed by atoms with van der Waals surface area (Å²) in [5.41, 5.74) is 1.90. The predicted molar refractivity (Wildman–Crippen MR) is 106 cm³/mol. The van der Waals surface area contributed by atoms with Crippen LogP contribution in [0.2, 0.25) is 0 Å². The maximum absolute atomic E-state index is 12.9. The number of urea groups is 1. The van der Waals surface area contributed by atoms with Gasteiger partial charge in [0.15, 0.2) is 0 Å². The Balaban J connectivity index is 1.62. The van der Waals surface area contributed by atoms with Gasteiger partial charge in [0.05, 0.1) is 18.7 Å². The van der Waals surface area contributed by atoms with E-state index in [1.54, 1.807) is 12.1 Å². The molecule has 1 aliphatic heterocycles. The van der Waals surface area contributed by atoms with Gasteiger partial charge in [-0.05, 0) is 62.1 Å². The molecule has 0 bridgehead atoms. The smallest absolute Gasteiger partial charge is 0.387 e. The number of ether oxygens (including phenoxy) is 2. The normalized spacial score (nSPS) is 17.3. The van der Waals surface area contributed by atoms with Crippen molar-refractivity contribution >= 4 is 6.03 Å². The Hall–Kier alpha value is -2.83. The van der Waals surface area contributed by atoms with E-state index in [4.69, 9.17) is 4.74 Å². The molecule has 0 spiro atoms. The van der Waals surface area contributed by atoms with Gasteiger partial charge < -0.3 is 19.7 Å². The number of benzene rings is 2. The maximum atomic E-state index is 12.9. The second kappa shape index (κ2) is 9.58. The molecule has 1 N–H and O–H groups in total. The lowest BCUT2D eigenvalue weighted by Gasteiger charge is -2.27. The third-order valence-corrected chi connectivity index (χ3v) is 5.03. The molecule has 2 aromatic rings. The lowest BCUT2D eigenvalue weighted by atomic mass is 10.0. The molecule has 2 atom stereocenters. The van der Waals surface area contributed by atoms with E-state index in [2.05, 4.69) is 10.1 Å². The summed E-state index contributed by atoms with van der Waals surface area (Å²) in [6.45, 7) is 2.26. The summed E-state index contributed by atoms with van der Waals surface area (Å²) < 4.78 is 34.4. The van der Waals surface area contributed by atoms with Crippen LogP contribution < -0.4 is 14.8 Å². The number of likely N-dealkylation sites (tertiary alicyclic amines) is 1. The fourth-order valence-electron chi connectivity index (χ4n) is 3.60. The number of nitrogens with one attached hydrogen (secondary N) is 1. The molecule has 0 saturated carbocycles. The van der Waals surface area contributed by atoms with Crippen molar-refractivity contribution in [1.82, 2.24) is 10.2 Å². The molecule has 1 heterocycles. The molecule has 1 fully saturated rings. The van der Waals surface area contributed by atoms with Crippen molar-refractivity contribution in [3.63, 3.8) is 0 Å². The molecule has 7 heteroatoms. The molecule has 3 rings (SSSR count). The average Bonchev–Trinajstić information content (AvgIpc) is 3.19. The van der Waals surface area contributed by atoms with E-state index in [1.807, 2.05) is 43.0 Å². The van der Waals surface area contributed by atoms with Gasteiger partial charge in [0.1, 0.15) is 11.5 Å². The number of rotatable bonds is 7. The first-order chi connectivity index (χ1) is 14.0. The van der Waals surface area contributed by atoms with Gasteiger partial charge in [-0.2, -0.15) is 8.78 Å². The van der Waals surface area contributed by atoms with Crippen LogP contribution >= 0.6 is 0 Å². The summed E-state index contributed by atoms with van der Waals surface area (Å²) in [6, 6.07) is 13.8. The maximum Gasteiger partial charge on any atom is 0.387 e. The van der Waals surface area contributed by atoms with Gasteiger partial charge in [0, 0.05) is 6.54 Å². The summed E-state index contributed by atoms with van der Waals surface area (Å²) >= 11 is 0. The van der Waals surface area contributed by atoms with Crippen LogP contribution in [-0.2, 0) is 0 Å². The van der Waals surface area contributed by atoms with Crippen LogP contribution in [-0.4, -0.2) is 30.7 Å². The minimum atomic E-state index is -2.85. The van der Waals surface area contributed by atoms with Crippen molar-refractivity contribution in [3.8, 4) is 11.5 Å². The van der Waals surface area contributed by atoms with Crippen molar-refractivity contribution < 1.29 is 23.0 Å². The third kappa shape index (κ3) is 5.37. The van der Waals surface area contributed by atoms with Gasteiger partial charge in [0.2, 0.25) is 0 Å². The molecule has 2 aromatic carbocycles. The van der Waals surface area contributed by atoms with Crippen LogP contribution in [0.15, 0.2) is 48.5 Å². The Bertz CT molecular complexity index is 797. The average molecular weight is 404 g/mol. The molecule has 1 aliphatic rings. The third-order valence-electron chi connectivity index (χ3n) is 5.03. The Kier molecular flexibility index (Phi) is 6.90. The van der Waals surface area contributed by atoms with E-state index in [9.17, 15) is 13.6 Å². The molecule has 0 aromatic heterocycles. The largest absolute Gasteiger partial charge is 0.494 e. The van der Waals surface area contributed by atoms with Gasteiger partial charge in [-0.1, -0.05) is 24.3 Å². The highest BCUT2D eigenvalue weighted by Crippen LogP contribution is 2.33. The van der Waals surface area contributed by atoms with Crippen molar-refractivity contribution in [1.29, 1.82) is 0 Å². The fraction of sp³-hybridized carbons (Fsp3) is 0.409. The van der Waals surface area contributed by atoms with Crippen molar-refractivity contribution in [3.05, 3.63) is 59.7 Å². The second-order valence-electron chi connectivity index (χ2n) is 6.97. The molecule has 5 nitrogen and oxygen atoms in total. The number of nitrogens with zero attached hydrogens (tertiary/aromatic N) is 1. The van der Waals surface area contributed by atoms with Crippen molar-refractivity contribution in [2.24, 2.45) is 0 Å². The van der Waals surface area contributed by atoms with Crippen LogP contribution in [0.1, 0.15) is 49.9 Å². The van der Waals surface area contributed by atoms with Crippen molar-refractivity contribution in [2.45, 2.75) is 45.4 Å². The molecule has 0 aliphatic carbocycles. The minimum Gasteiger partial charge on any atom is -0.494 e. The van der Waals surface area contributed by atoms with E-state index in [0.29, 0.717) is 13.2 Å². The second-order valence-corrected chi connectivity index (χ2v) is 6.97. The number of amides is 2. The Morgan fingerprint density at radius 3 is 2.41 bits per heavy atom. The first-order valence-corrected chi connectivity index (χ1v) is 9.82. The van der Waals surface area contributed by atoms with Crippen LogP contribution in [0.4, 0.5) is 13.6 Å². The zero-order valence-corrected chi connectivity index (χ0v) is 16.6. The number of alkyl halides is 2. The van der Waals surface area contributed by atoms with Gasteiger partial charge in [0.25, 0.3) is 0 Å². The molecular formula is C22H26F2N2O3. The first kappa shape index (κ1) is 20.9. The Morgan fingerprint density at radius 2 is 1.79 bits per heavy atom. The summed E-state index contributed by atoms with van der Waals surface area (Å²) in [5.74, 6) is 0.913. The van der Waals surface area contributed by atoms with Crippen LogP contribution in [0.25, 0.3) is 0 Å². The highest BCUT2D eigenvalue weighted by Gasteiger charge is 2.30. The monoisotopic (exact) mass is 404 g/mol. The highest BCUT2D eigenvalue weighted by molar-refractivity contribution is 5.75. The quantitative estimate of drug-likeness (QED) is 0.682. The van der Waals surface area contributed by atoms with Crippen LogP contribution in [0.5, 0.6) is 11.5 Å². The molecule has 156 valence electrons. The molecule has 0 radical (unpaired) electrons. The zero-order valence-electron chi connectivity index (χ0n) is 16.6. The van der Waals surface area contributed by atoms with Crippen LogP contribution in [0, 0.1) is 0 Å². The summed E-state index contributed by atoms with van der Waals surface area (Å²) in [7, 11) is 0. The van der Waals surface area contributed by atoms with E-state index in [-0.39, 0.29) is 23.9 Å². The summed E-state index contributed by atoms with van der Waals surface area (Å²) in [4.78, 5) is 14.7. The van der Waals surface area contributed by atoms with Crippen LogP contribution in [0.3, 0.4) is 0 Å². The molecule has 29 heavy (non-hydrogen) atoms. The lowest BCUT2D eigenvalue weighted by molar-refractivity contribution is -0.0498. The standard InChI is InChI=1S/C22H26F2N2O3/c1-3-28-18-10-8-17(9-11-18)20-5-4-14-26(20)22(27)25-15(2)16-6-12-19(13-7-16)29-21(23)24/h6-13,15,20-21H,3-5,14H2,1-2H3,(H,25,27). The number of hydrogen-bond donors (Lipinski definition) is 1. The SMILES string of the molecule is CCOc1ccc(C2CCCN2C(=O)NC(C)c2ccc(OC(F)F)cc2)cc1. The number of hydrogen-bond acceptors (Lipinski definition) is 3. The number of carbonyl (C=O) groups excluding carboxylic acids is 1. The Labute approximate surface area is 169 Å². The Morgan fingerprint density at radius 1 is 1.14 bits per heavy atom. The topological polar surface area (TPSA) is 50.8 Å². The minimum absolute atomic E-state index is 0.0275. The van der Waals surface area contributed by atoms with Gasteiger partial charge in [-0.25, -0.2) is 4.79 Å². The lowest BCUT2D eigenvalue weighted by Crippen LogP contribution is -2.40. The fourth-order valence-corrected chi connectivity index (χ4v) is 3.60. The summed E-state index contributed by atoms with van der Waals surface area (Å²) in [6.07, 6.45) is 1.86. The van der Waals surface area contributed by atoms with E-state index >= 15 is 0 Å². The van der Waals surface area contributed by atoms with Crippen molar-refractivity contribution in [2.75, 3.05) is 13.2 Å². The molecular weight excluding hydrogens is 378 g/mol. The predicted octanol–water partition coefficient (Wildman–Crippen LogP) is 5.29. The van der Waals surface area contributed by atoms with Gasteiger partial charge in [-0.15, -0.1) is 0 Å².